The lowest BCUT2D eigenvalue weighted by Gasteiger charge is -2.32. The molecule has 0 aliphatic carbocycles. The number of amides is 1. The van der Waals surface area contributed by atoms with Crippen LogP contribution in [0.3, 0.4) is 0 Å². The summed E-state index contributed by atoms with van der Waals surface area (Å²) in [4.78, 5) is 31.8. The molecule has 39 heavy (non-hydrogen) atoms. The first kappa shape index (κ1) is 26.2. The molecule has 0 spiro atoms. The first-order valence-electron chi connectivity index (χ1n) is 12.9. The summed E-state index contributed by atoms with van der Waals surface area (Å²) >= 11 is 0. The Morgan fingerprint density at radius 1 is 0.923 bits per heavy atom. The predicted octanol–water partition coefficient (Wildman–Crippen LogP) is 5.47. The highest BCUT2D eigenvalue weighted by Gasteiger charge is 2.26. The Hall–Kier alpha value is -4.40. The maximum atomic E-state index is 13.6. The number of piperidine rings is 1. The van der Waals surface area contributed by atoms with E-state index in [1.165, 1.54) is 28.9 Å². The van der Waals surface area contributed by atoms with Crippen molar-refractivity contribution in [2.45, 2.75) is 32.2 Å². The number of esters is 1. The molecule has 0 atom stereocenters. The van der Waals surface area contributed by atoms with Gasteiger partial charge in [0, 0.05) is 24.2 Å². The molecular weight excluding hydrogens is 502 g/mol. The van der Waals surface area contributed by atoms with Crippen LogP contribution in [0.1, 0.15) is 41.6 Å². The summed E-state index contributed by atoms with van der Waals surface area (Å²) in [6.07, 6.45) is 1.53. The van der Waals surface area contributed by atoms with E-state index in [0.29, 0.717) is 48.0 Å². The minimum Gasteiger partial charge on any atom is -0.462 e. The highest BCUT2D eigenvalue weighted by molar-refractivity contribution is 5.89. The van der Waals surface area contributed by atoms with Crippen LogP contribution in [-0.4, -0.2) is 51.2 Å². The van der Waals surface area contributed by atoms with Gasteiger partial charge in [-0.25, -0.2) is 23.2 Å². The van der Waals surface area contributed by atoms with Gasteiger partial charge in [-0.1, -0.05) is 12.1 Å². The van der Waals surface area contributed by atoms with Gasteiger partial charge in [-0.2, -0.15) is 0 Å². The molecule has 4 aromatic rings. The lowest BCUT2D eigenvalue weighted by molar-refractivity contribution is -0.133. The molecule has 0 saturated carbocycles. The summed E-state index contributed by atoms with van der Waals surface area (Å²) in [5.41, 5.74) is 2.82. The minimum absolute atomic E-state index is 0.0378. The van der Waals surface area contributed by atoms with E-state index in [2.05, 4.69) is 10.1 Å². The van der Waals surface area contributed by atoms with E-state index in [1.807, 2.05) is 18.2 Å². The molecule has 3 aromatic carbocycles. The smallest absolute Gasteiger partial charge is 0.338 e. The van der Waals surface area contributed by atoms with Gasteiger partial charge in [-0.3, -0.25) is 4.79 Å². The first-order chi connectivity index (χ1) is 18.9. The zero-order valence-electron chi connectivity index (χ0n) is 21.5. The maximum Gasteiger partial charge on any atom is 0.338 e. The molecule has 1 aromatic heterocycles. The molecule has 0 bridgehead atoms. The summed E-state index contributed by atoms with van der Waals surface area (Å²) in [5, 5.41) is 4.55. The van der Waals surface area contributed by atoms with Crippen LogP contribution in [0.15, 0.2) is 72.8 Å². The van der Waals surface area contributed by atoms with Crippen molar-refractivity contribution in [3.8, 4) is 22.8 Å². The van der Waals surface area contributed by atoms with Crippen molar-refractivity contribution in [3.05, 3.63) is 95.6 Å². The second-order valence-electron chi connectivity index (χ2n) is 9.43. The molecule has 9 heteroatoms. The van der Waals surface area contributed by atoms with Crippen LogP contribution in [0.4, 0.5) is 8.78 Å². The molecule has 1 amide bonds. The number of nitrogens with zero attached hydrogens (tertiary/aromatic N) is 4. The number of ether oxygens (including phenoxy) is 1. The lowest BCUT2D eigenvalue weighted by atomic mass is 9.88. The van der Waals surface area contributed by atoms with Crippen molar-refractivity contribution < 1.29 is 23.1 Å². The second kappa shape index (κ2) is 11.6. The van der Waals surface area contributed by atoms with Crippen molar-refractivity contribution in [2.75, 3.05) is 19.7 Å². The van der Waals surface area contributed by atoms with Gasteiger partial charge in [-0.15, -0.1) is 5.10 Å². The van der Waals surface area contributed by atoms with Gasteiger partial charge in [0.1, 0.15) is 18.2 Å². The van der Waals surface area contributed by atoms with Crippen LogP contribution < -0.4 is 0 Å². The molecule has 1 fully saturated rings. The molecule has 1 saturated heterocycles. The number of aromatic nitrogens is 3. The van der Waals surface area contributed by atoms with E-state index in [1.54, 1.807) is 42.2 Å². The Morgan fingerprint density at radius 3 is 2.21 bits per heavy atom. The van der Waals surface area contributed by atoms with Crippen molar-refractivity contribution >= 4 is 11.9 Å². The quantitative estimate of drug-likeness (QED) is 0.296. The van der Waals surface area contributed by atoms with Crippen LogP contribution >= 0.6 is 0 Å². The molecule has 200 valence electrons. The number of rotatable bonds is 7. The summed E-state index contributed by atoms with van der Waals surface area (Å²) < 4.78 is 33.6. The van der Waals surface area contributed by atoms with Crippen molar-refractivity contribution in [2.24, 2.45) is 0 Å². The number of halogens is 2. The Labute approximate surface area is 225 Å². The monoisotopic (exact) mass is 530 g/mol. The Kier molecular flexibility index (Phi) is 7.76. The minimum atomic E-state index is -0.379. The molecule has 5 rings (SSSR count). The summed E-state index contributed by atoms with van der Waals surface area (Å²) in [5.74, 6) is -0.187. The number of benzene rings is 3. The average Bonchev–Trinajstić information content (AvgIpc) is 3.37. The van der Waals surface area contributed by atoms with E-state index in [0.717, 1.165) is 18.4 Å². The Bertz CT molecular complexity index is 1460. The summed E-state index contributed by atoms with van der Waals surface area (Å²) in [6, 6.07) is 19.1. The fourth-order valence-corrected chi connectivity index (χ4v) is 4.81. The van der Waals surface area contributed by atoms with Gasteiger partial charge in [0.05, 0.1) is 12.2 Å². The van der Waals surface area contributed by atoms with Gasteiger partial charge in [-0.05, 0) is 91.9 Å². The standard InChI is InChI=1S/C30H28F2N4O3/c1-2-39-30(38)24-5-3-4-23(18-24)20-14-16-35(17-15-20)27(37)19-36-29(22-8-12-26(32)13-9-22)33-28(34-36)21-6-10-25(31)11-7-21/h3-13,18,20H,2,14-17,19H2,1H3. The van der Waals surface area contributed by atoms with Gasteiger partial charge >= 0.3 is 5.97 Å². The van der Waals surface area contributed by atoms with Crippen LogP contribution in [-0.2, 0) is 16.1 Å². The van der Waals surface area contributed by atoms with Crippen molar-refractivity contribution in [1.29, 1.82) is 0 Å². The van der Waals surface area contributed by atoms with E-state index < -0.39 is 0 Å². The van der Waals surface area contributed by atoms with Gasteiger partial charge < -0.3 is 9.64 Å². The number of carbonyl (C=O) groups excluding carboxylic acids is 2. The van der Waals surface area contributed by atoms with Crippen LogP contribution in [0.2, 0.25) is 0 Å². The SMILES string of the molecule is CCOC(=O)c1cccc(C2CCN(C(=O)Cn3nc(-c4ccc(F)cc4)nc3-c3ccc(F)cc3)CC2)c1. The largest absolute Gasteiger partial charge is 0.462 e. The fraction of sp³-hybridized carbons (Fsp3) is 0.267. The van der Waals surface area contributed by atoms with Gasteiger partial charge in [0.15, 0.2) is 11.6 Å². The summed E-state index contributed by atoms with van der Waals surface area (Å²) in [7, 11) is 0. The van der Waals surface area contributed by atoms with Gasteiger partial charge in [0.2, 0.25) is 5.91 Å². The molecule has 0 N–H and O–H groups in total. The second-order valence-corrected chi connectivity index (χ2v) is 9.43. The molecule has 0 unspecified atom stereocenters. The molecule has 0 radical (unpaired) electrons. The normalized spacial score (nSPS) is 13.9. The Balaban J connectivity index is 1.31. The third-order valence-corrected chi connectivity index (χ3v) is 6.88. The van der Waals surface area contributed by atoms with E-state index >= 15 is 0 Å². The molecule has 7 nitrogen and oxygen atoms in total. The topological polar surface area (TPSA) is 77.3 Å². The van der Waals surface area contributed by atoms with Crippen molar-refractivity contribution in [1.82, 2.24) is 19.7 Å². The molecule has 1 aliphatic heterocycles. The van der Waals surface area contributed by atoms with Gasteiger partial charge in [0.25, 0.3) is 0 Å². The Morgan fingerprint density at radius 2 is 1.56 bits per heavy atom. The molecule has 1 aliphatic rings. The highest BCUT2D eigenvalue weighted by Crippen LogP contribution is 2.29. The third kappa shape index (κ3) is 6.03. The lowest BCUT2D eigenvalue weighted by Crippen LogP contribution is -2.40. The van der Waals surface area contributed by atoms with E-state index in [9.17, 15) is 18.4 Å². The number of hydrogen-bond donors (Lipinski definition) is 0. The molecular formula is C30H28F2N4O3. The van der Waals surface area contributed by atoms with Crippen molar-refractivity contribution in [3.63, 3.8) is 0 Å². The summed E-state index contributed by atoms with van der Waals surface area (Å²) in [6.45, 7) is 3.20. The first-order valence-corrected chi connectivity index (χ1v) is 12.9. The third-order valence-electron chi connectivity index (χ3n) is 6.88. The van der Waals surface area contributed by atoms with Crippen LogP contribution in [0, 0.1) is 11.6 Å². The average molecular weight is 531 g/mol. The van der Waals surface area contributed by atoms with E-state index in [-0.39, 0.29) is 36.0 Å². The zero-order chi connectivity index (χ0) is 27.4. The molecule has 2 heterocycles. The predicted molar refractivity (Wildman–Crippen MR) is 142 cm³/mol. The zero-order valence-corrected chi connectivity index (χ0v) is 21.5. The van der Waals surface area contributed by atoms with Crippen LogP contribution in [0.5, 0.6) is 0 Å². The number of hydrogen-bond acceptors (Lipinski definition) is 5. The maximum absolute atomic E-state index is 13.6. The highest BCUT2D eigenvalue weighted by atomic mass is 19.1. The number of likely N-dealkylation sites (tertiary alicyclic amines) is 1. The fourth-order valence-electron chi connectivity index (χ4n) is 4.81. The van der Waals surface area contributed by atoms with Crippen LogP contribution in [0.25, 0.3) is 22.8 Å². The number of carbonyl (C=O) groups is 2. The van der Waals surface area contributed by atoms with E-state index in [4.69, 9.17) is 4.74 Å².